The van der Waals surface area contributed by atoms with Crippen LogP contribution >= 0.6 is 12.2 Å². The van der Waals surface area contributed by atoms with E-state index in [1.54, 1.807) is 0 Å². The Morgan fingerprint density at radius 1 is 1.53 bits per heavy atom. The summed E-state index contributed by atoms with van der Waals surface area (Å²) >= 11 is 5.21. The number of hydrogen-bond acceptors (Lipinski definition) is 3. The first-order valence-corrected chi connectivity index (χ1v) is 6.55. The number of carbonyl (C=O) groups excluding carboxylic acids is 1. The van der Waals surface area contributed by atoms with E-state index in [4.69, 9.17) is 12.2 Å². The summed E-state index contributed by atoms with van der Waals surface area (Å²) in [7, 11) is 0. The number of nitrogens with one attached hydrogen (secondary N) is 2. The highest BCUT2D eigenvalue weighted by Crippen LogP contribution is 2.39. The molecule has 0 radical (unpaired) electrons. The summed E-state index contributed by atoms with van der Waals surface area (Å²) in [6, 6.07) is 0.118. The number of hydrogen-bond donors (Lipinski definition) is 2. The second-order valence-electron chi connectivity index (χ2n) is 4.99. The van der Waals surface area contributed by atoms with Crippen molar-refractivity contribution in [2.45, 2.75) is 50.6 Å². The SMILES string of the molecule is CC(C(=O)NC1CC1)n1c(C2CC2)n[nH]c1=S. The Hall–Kier alpha value is -1.17. The maximum Gasteiger partial charge on any atom is 0.243 e. The highest BCUT2D eigenvalue weighted by atomic mass is 32.1. The molecule has 17 heavy (non-hydrogen) atoms. The first-order valence-electron chi connectivity index (χ1n) is 6.14. The van der Waals surface area contributed by atoms with Crippen LogP contribution in [0.5, 0.6) is 0 Å². The summed E-state index contributed by atoms with van der Waals surface area (Å²) in [4.78, 5) is 12.0. The number of H-pyrrole nitrogens is 1. The molecule has 1 heterocycles. The molecule has 0 aromatic carbocycles. The van der Waals surface area contributed by atoms with Crippen LogP contribution in [0.15, 0.2) is 0 Å². The van der Waals surface area contributed by atoms with E-state index >= 15 is 0 Å². The average Bonchev–Trinajstić information content (AvgIpc) is 3.18. The van der Waals surface area contributed by atoms with Gasteiger partial charge in [0.25, 0.3) is 0 Å². The maximum absolute atomic E-state index is 12.0. The minimum atomic E-state index is -0.266. The van der Waals surface area contributed by atoms with E-state index in [1.807, 2.05) is 11.5 Å². The van der Waals surface area contributed by atoms with Crippen molar-refractivity contribution in [1.82, 2.24) is 20.1 Å². The smallest absolute Gasteiger partial charge is 0.243 e. The number of aromatic nitrogens is 3. The van der Waals surface area contributed by atoms with Crippen LogP contribution in [0.25, 0.3) is 0 Å². The van der Waals surface area contributed by atoms with Crippen LogP contribution < -0.4 is 5.32 Å². The predicted octanol–water partition coefficient (Wildman–Crippen LogP) is 1.66. The van der Waals surface area contributed by atoms with Gasteiger partial charge in [0.1, 0.15) is 11.9 Å². The standard InChI is InChI=1S/C11H16N4OS/c1-6(10(16)12-8-4-5-8)15-9(7-2-3-7)13-14-11(15)17/h6-8H,2-5H2,1H3,(H,12,16)(H,14,17). The third-order valence-electron chi connectivity index (χ3n) is 3.36. The molecule has 6 heteroatoms. The van der Waals surface area contributed by atoms with Crippen LogP contribution in [0.1, 0.15) is 50.4 Å². The van der Waals surface area contributed by atoms with Gasteiger partial charge in [-0.15, -0.1) is 0 Å². The lowest BCUT2D eigenvalue weighted by molar-refractivity contribution is -0.124. The van der Waals surface area contributed by atoms with Crippen LogP contribution in [0.4, 0.5) is 0 Å². The molecule has 1 unspecified atom stereocenters. The van der Waals surface area contributed by atoms with Crippen molar-refractivity contribution in [3.8, 4) is 0 Å². The Kier molecular flexibility index (Phi) is 2.54. The van der Waals surface area contributed by atoms with Crippen LogP contribution in [-0.4, -0.2) is 26.7 Å². The highest BCUT2D eigenvalue weighted by Gasteiger charge is 2.33. The van der Waals surface area contributed by atoms with Crippen LogP contribution in [0.2, 0.25) is 0 Å². The second-order valence-corrected chi connectivity index (χ2v) is 5.38. The summed E-state index contributed by atoms with van der Waals surface area (Å²) in [5.74, 6) is 1.47. The molecule has 2 aliphatic rings. The Balaban J connectivity index is 1.83. The normalized spacial score (nSPS) is 21.2. The Labute approximate surface area is 105 Å². The Morgan fingerprint density at radius 2 is 2.24 bits per heavy atom. The van der Waals surface area contributed by atoms with Gasteiger partial charge < -0.3 is 5.32 Å². The number of carbonyl (C=O) groups is 1. The first-order chi connectivity index (χ1) is 8.16. The minimum Gasteiger partial charge on any atom is -0.352 e. The summed E-state index contributed by atoms with van der Waals surface area (Å²) in [6.07, 6.45) is 4.50. The number of aromatic amines is 1. The zero-order valence-electron chi connectivity index (χ0n) is 9.77. The molecule has 0 aliphatic heterocycles. The molecule has 1 aromatic rings. The zero-order chi connectivity index (χ0) is 12.0. The second kappa shape index (κ2) is 3.94. The molecule has 2 saturated carbocycles. The van der Waals surface area contributed by atoms with Gasteiger partial charge in [-0.3, -0.25) is 14.5 Å². The molecule has 92 valence electrons. The van der Waals surface area contributed by atoms with E-state index in [-0.39, 0.29) is 11.9 Å². The summed E-state index contributed by atoms with van der Waals surface area (Å²) in [5.41, 5.74) is 0. The fourth-order valence-corrected chi connectivity index (χ4v) is 2.28. The molecule has 0 spiro atoms. The van der Waals surface area contributed by atoms with Gasteiger partial charge in [0, 0.05) is 12.0 Å². The molecule has 1 atom stereocenters. The fourth-order valence-electron chi connectivity index (χ4n) is 1.99. The monoisotopic (exact) mass is 252 g/mol. The Bertz CT molecular complexity index is 498. The lowest BCUT2D eigenvalue weighted by Gasteiger charge is -2.15. The molecule has 1 aromatic heterocycles. The van der Waals surface area contributed by atoms with Gasteiger partial charge in [0.2, 0.25) is 5.91 Å². The van der Waals surface area contributed by atoms with Gasteiger partial charge in [0.15, 0.2) is 4.77 Å². The molecule has 3 rings (SSSR count). The maximum atomic E-state index is 12.0. The molecular formula is C11H16N4OS. The van der Waals surface area contributed by atoms with Crippen molar-refractivity contribution in [2.75, 3.05) is 0 Å². The predicted molar refractivity (Wildman–Crippen MR) is 65.3 cm³/mol. The van der Waals surface area contributed by atoms with Crippen molar-refractivity contribution in [1.29, 1.82) is 0 Å². The lowest BCUT2D eigenvalue weighted by Crippen LogP contribution is -2.33. The highest BCUT2D eigenvalue weighted by molar-refractivity contribution is 7.71. The summed E-state index contributed by atoms with van der Waals surface area (Å²) < 4.78 is 2.41. The molecule has 2 N–H and O–H groups in total. The van der Waals surface area contributed by atoms with Crippen LogP contribution in [0, 0.1) is 4.77 Å². The lowest BCUT2D eigenvalue weighted by atomic mass is 10.2. The third-order valence-corrected chi connectivity index (χ3v) is 3.65. The minimum absolute atomic E-state index is 0.0481. The van der Waals surface area contributed by atoms with Crippen molar-refractivity contribution < 1.29 is 4.79 Å². The zero-order valence-corrected chi connectivity index (χ0v) is 10.6. The number of nitrogens with zero attached hydrogens (tertiary/aromatic N) is 2. The van der Waals surface area contributed by atoms with E-state index < -0.39 is 0 Å². The molecular weight excluding hydrogens is 236 g/mol. The number of rotatable bonds is 4. The summed E-state index contributed by atoms with van der Waals surface area (Å²) in [6.45, 7) is 1.88. The summed E-state index contributed by atoms with van der Waals surface area (Å²) in [5, 5.41) is 10.0. The van der Waals surface area contributed by atoms with Gasteiger partial charge in [-0.05, 0) is 44.8 Å². The molecule has 2 aliphatic carbocycles. The van der Waals surface area contributed by atoms with Gasteiger partial charge in [0.05, 0.1) is 0 Å². The number of amides is 1. The first kappa shape index (κ1) is 11.0. The van der Waals surface area contributed by atoms with Gasteiger partial charge in [-0.1, -0.05) is 0 Å². The molecule has 0 saturated heterocycles. The van der Waals surface area contributed by atoms with E-state index in [2.05, 4.69) is 15.5 Å². The van der Waals surface area contributed by atoms with E-state index in [1.165, 1.54) is 0 Å². The van der Waals surface area contributed by atoms with E-state index in [0.717, 1.165) is 31.5 Å². The topological polar surface area (TPSA) is 62.7 Å². The van der Waals surface area contributed by atoms with Crippen molar-refractivity contribution in [3.05, 3.63) is 10.6 Å². The van der Waals surface area contributed by atoms with Crippen molar-refractivity contribution in [2.24, 2.45) is 0 Å². The molecule has 5 nitrogen and oxygen atoms in total. The molecule has 1 amide bonds. The van der Waals surface area contributed by atoms with E-state index in [9.17, 15) is 4.79 Å². The third kappa shape index (κ3) is 2.13. The van der Waals surface area contributed by atoms with Crippen LogP contribution in [-0.2, 0) is 4.79 Å². The average molecular weight is 252 g/mol. The van der Waals surface area contributed by atoms with Crippen molar-refractivity contribution >= 4 is 18.1 Å². The van der Waals surface area contributed by atoms with Gasteiger partial charge >= 0.3 is 0 Å². The van der Waals surface area contributed by atoms with E-state index in [0.29, 0.717) is 16.7 Å². The van der Waals surface area contributed by atoms with Crippen LogP contribution in [0.3, 0.4) is 0 Å². The molecule has 0 bridgehead atoms. The fraction of sp³-hybridized carbons (Fsp3) is 0.727. The quantitative estimate of drug-likeness (QED) is 0.801. The van der Waals surface area contributed by atoms with Crippen molar-refractivity contribution in [3.63, 3.8) is 0 Å². The Morgan fingerprint density at radius 3 is 2.82 bits per heavy atom. The van der Waals surface area contributed by atoms with Gasteiger partial charge in [-0.2, -0.15) is 5.10 Å². The van der Waals surface area contributed by atoms with Gasteiger partial charge in [-0.25, -0.2) is 0 Å². The molecule has 2 fully saturated rings. The largest absolute Gasteiger partial charge is 0.352 e.